The number of amides is 3. The van der Waals surface area contributed by atoms with Gasteiger partial charge in [0.25, 0.3) is 0 Å². The molecule has 0 bridgehead atoms. The summed E-state index contributed by atoms with van der Waals surface area (Å²) in [5.74, 6) is -1.99. The fourth-order valence-electron chi connectivity index (χ4n) is 4.65. The number of pyridine rings is 1. The first-order valence-electron chi connectivity index (χ1n) is 12.9. The fraction of sp³-hybridized carbons (Fsp3) is 0.310. The summed E-state index contributed by atoms with van der Waals surface area (Å²) >= 11 is 6.05. The summed E-state index contributed by atoms with van der Waals surface area (Å²) in [6.45, 7) is 0. The summed E-state index contributed by atoms with van der Waals surface area (Å²) in [5.41, 5.74) is 0.592. The number of aromatic nitrogens is 1. The minimum atomic E-state index is -1.16. The van der Waals surface area contributed by atoms with Crippen LogP contribution in [0.5, 0.6) is 0 Å². The Morgan fingerprint density at radius 2 is 1.74 bits per heavy atom. The number of carbonyl (C=O) groups excluding carboxylic acids is 3. The third-order valence-electron chi connectivity index (χ3n) is 6.57. The molecule has 1 aliphatic rings. The van der Waals surface area contributed by atoms with E-state index in [9.17, 15) is 23.2 Å². The lowest BCUT2D eigenvalue weighted by molar-refractivity contribution is -0.127. The predicted molar refractivity (Wildman–Crippen MR) is 145 cm³/mol. The zero-order chi connectivity index (χ0) is 27.8. The second-order valence-corrected chi connectivity index (χ2v) is 9.83. The van der Waals surface area contributed by atoms with Crippen molar-refractivity contribution in [2.24, 2.45) is 0 Å². The van der Waals surface area contributed by atoms with Gasteiger partial charge in [-0.15, -0.1) is 0 Å². The molecule has 7 nitrogen and oxygen atoms in total. The Hall–Kier alpha value is -3.85. The Morgan fingerprint density at radius 1 is 1.00 bits per heavy atom. The van der Waals surface area contributed by atoms with Crippen molar-refractivity contribution in [2.45, 2.75) is 57.0 Å². The van der Waals surface area contributed by atoms with Crippen LogP contribution in [0.4, 0.5) is 20.3 Å². The number of hydrogen-bond acceptors (Lipinski definition) is 4. The van der Waals surface area contributed by atoms with Gasteiger partial charge in [-0.2, -0.15) is 0 Å². The molecular weight excluding hydrogens is 526 g/mol. The molecule has 39 heavy (non-hydrogen) atoms. The molecule has 3 amide bonds. The largest absolute Gasteiger partial charge is 0.351 e. The van der Waals surface area contributed by atoms with Gasteiger partial charge in [-0.1, -0.05) is 42.6 Å². The summed E-state index contributed by atoms with van der Waals surface area (Å²) in [6.07, 6.45) is 5.31. The van der Waals surface area contributed by atoms with Crippen LogP contribution in [0, 0.1) is 11.6 Å². The summed E-state index contributed by atoms with van der Waals surface area (Å²) < 4.78 is 27.8. The summed E-state index contributed by atoms with van der Waals surface area (Å²) in [5, 5.41) is 5.48. The van der Waals surface area contributed by atoms with Gasteiger partial charge in [0.15, 0.2) is 0 Å². The zero-order valence-corrected chi connectivity index (χ0v) is 22.0. The van der Waals surface area contributed by atoms with Crippen LogP contribution in [-0.2, 0) is 14.4 Å². The van der Waals surface area contributed by atoms with Crippen molar-refractivity contribution < 1.29 is 23.2 Å². The van der Waals surface area contributed by atoms with Gasteiger partial charge in [-0.25, -0.2) is 13.8 Å². The van der Waals surface area contributed by atoms with Gasteiger partial charge in [-0.05, 0) is 67.3 Å². The molecule has 1 saturated carbocycles. The molecule has 10 heteroatoms. The zero-order valence-electron chi connectivity index (χ0n) is 21.2. The van der Waals surface area contributed by atoms with Crippen LogP contribution in [0.2, 0.25) is 5.02 Å². The maximum atomic E-state index is 14.0. The van der Waals surface area contributed by atoms with E-state index in [2.05, 4.69) is 15.6 Å². The standard InChI is InChI=1S/C29H29ClF2N4O3/c30-23-18-22(15-16-24(23)32)36(27(38)10-5-9-26(37)35-25-8-3-4-17-33-25)28(19-11-13-20(31)14-12-19)29(39)34-21-6-1-2-7-21/h3-4,8,11-18,21,28H,1-2,5-7,9-10H2,(H,34,39)(H,33,35,37)/t28-/m0/s1. The highest BCUT2D eigenvalue weighted by Crippen LogP contribution is 2.32. The van der Waals surface area contributed by atoms with Gasteiger partial charge in [0.2, 0.25) is 17.7 Å². The van der Waals surface area contributed by atoms with Gasteiger partial charge in [-0.3, -0.25) is 19.3 Å². The molecule has 0 aliphatic heterocycles. The molecule has 1 aliphatic carbocycles. The number of nitrogens with one attached hydrogen (secondary N) is 2. The molecule has 4 rings (SSSR count). The van der Waals surface area contributed by atoms with E-state index in [4.69, 9.17) is 11.6 Å². The molecule has 0 saturated heterocycles. The Kier molecular flexibility index (Phi) is 9.59. The van der Waals surface area contributed by atoms with Crippen LogP contribution in [0.15, 0.2) is 66.9 Å². The lowest BCUT2D eigenvalue weighted by Gasteiger charge is -2.32. The number of nitrogens with zero attached hydrogens (tertiary/aromatic N) is 2. The average molecular weight is 555 g/mol. The Bertz CT molecular complexity index is 1300. The number of anilines is 2. The highest BCUT2D eigenvalue weighted by atomic mass is 35.5. The fourth-order valence-corrected chi connectivity index (χ4v) is 4.82. The van der Waals surface area contributed by atoms with Gasteiger partial charge in [0, 0.05) is 30.8 Å². The molecule has 1 fully saturated rings. The minimum Gasteiger partial charge on any atom is -0.351 e. The van der Waals surface area contributed by atoms with Crippen molar-refractivity contribution in [2.75, 3.05) is 10.2 Å². The minimum absolute atomic E-state index is 0.0375. The van der Waals surface area contributed by atoms with Crippen LogP contribution in [0.25, 0.3) is 0 Å². The van der Waals surface area contributed by atoms with Crippen molar-refractivity contribution in [3.63, 3.8) is 0 Å². The van der Waals surface area contributed by atoms with E-state index in [0.717, 1.165) is 31.7 Å². The second kappa shape index (κ2) is 13.3. The molecule has 0 radical (unpaired) electrons. The maximum absolute atomic E-state index is 14.0. The van der Waals surface area contributed by atoms with Crippen molar-refractivity contribution >= 4 is 40.8 Å². The first-order valence-corrected chi connectivity index (χ1v) is 13.2. The van der Waals surface area contributed by atoms with Crippen LogP contribution < -0.4 is 15.5 Å². The van der Waals surface area contributed by atoms with E-state index in [1.165, 1.54) is 41.3 Å². The first kappa shape index (κ1) is 28.2. The van der Waals surface area contributed by atoms with Gasteiger partial charge in [0.05, 0.1) is 5.02 Å². The lowest BCUT2D eigenvalue weighted by atomic mass is 10.0. The van der Waals surface area contributed by atoms with E-state index < -0.39 is 29.5 Å². The van der Waals surface area contributed by atoms with Crippen molar-refractivity contribution in [3.8, 4) is 0 Å². The molecule has 0 spiro atoms. The van der Waals surface area contributed by atoms with Crippen molar-refractivity contribution in [1.29, 1.82) is 0 Å². The smallest absolute Gasteiger partial charge is 0.248 e. The molecule has 1 heterocycles. The normalized spacial score (nSPS) is 14.0. The monoisotopic (exact) mass is 554 g/mol. The number of benzene rings is 2. The molecule has 2 aromatic carbocycles. The number of rotatable bonds is 10. The predicted octanol–water partition coefficient (Wildman–Crippen LogP) is 5.96. The number of carbonyl (C=O) groups is 3. The maximum Gasteiger partial charge on any atom is 0.248 e. The van der Waals surface area contributed by atoms with Gasteiger partial charge in [0.1, 0.15) is 23.5 Å². The topological polar surface area (TPSA) is 91.4 Å². The molecular formula is C29H29ClF2N4O3. The molecule has 1 aromatic heterocycles. The van der Waals surface area contributed by atoms with E-state index in [1.807, 2.05) is 0 Å². The van der Waals surface area contributed by atoms with E-state index in [0.29, 0.717) is 11.4 Å². The molecule has 0 unspecified atom stereocenters. The first-order chi connectivity index (χ1) is 18.8. The number of hydrogen-bond donors (Lipinski definition) is 2. The third-order valence-corrected chi connectivity index (χ3v) is 6.86. The van der Waals surface area contributed by atoms with Crippen LogP contribution >= 0.6 is 11.6 Å². The quantitative estimate of drug-likeness (QED) is 0.324. The Morgan fingerprint density at radius 3 is 2.41 bits per heavy atom. The van der Waals surface area contributed by atoms with E-state index in [-0.39, 0.29) is 41.9 Å². The molecule has 204 valence electrons. The van der Waals surface area contributed by atoms with Gasteiger partial charge < -0.3 is 10.6 Å². The summed E-state index contributed by atoms with van der Waals surface area (Å²) in [7, 11) is 0. The Labute approximate surface area is 230 Å². The second-order valence-electron chi connectivity index (χ2n) is 9.42. The number of halogens is 3. The van der Waals surface area contributed by atoms with E-state index >= 15 is 0 Å². The van der Waals surface area contributed by atoms with Crippen molar-refractivity contribution in [3.05, 3.63) is 89.1 Å². The van der Waals surface area contributed by atoms with Crippen LogP contribution in [0.1, 0.15) is 56.6 Å². The highest BCUT2D eigenvalue weighted by molar-refractivity contribution is 6.31. The van der Waals surface area contributed by atoms with E-state index in [1.54, 1.807) is 24.4 Å². The summed E-state index contributed by atoms with van der Waals surface area (Å²) in [4.78, 5) is 45.0. The SMILES string of the molecule is O=C(CCCC(=O)N(c1ccc(F)c(Cl)c1)[C@H](C(=O)NC1CCCC1)c1ccc(F)cc1)Nc1ccccn1. The van der Waals surface area contributed by atoms with Crippen LogP contribution in [0.3, 0.4) is 0 Å². The summed E-state index contributed by atoms with van der Waals surface area (Å²) in [6, 6.07) is 13.0. The Balaban J connectivity index is 1.59. The molecule has 3 aromatic rings. The molecule has 2 N–H and O–H groups in total. The molecule has 1 atom stereocenters. The average Bonchev–Trinajstić information content (AvgIpc) is 3.43. The highest BCUT2D eigenvalue weighted by Gasteiger charge is 2.34. The van der Waals surface area contributed by atoms with Gasteiger partial charge >= 0.3 is 0 Å². The lowest BCUT2D eigenvalue weighted by Crippen LogP contribution is -2.46. The van der Waals surface area contributed by atoms with Crippen LogP contribution in [-0.4, -0.2) is 28.7 Å². The third kappa shape index (κ3) is 7.60. The van der Waals surface area contributed by atoms with Crippen molar-refractivity contribution in [1.82, 2.24) is 10.3 Å².